The summed E-state index contributed by atoms with van der Waals surface area (Å²) in [6.45, 7) is 39.0. The first-order valence-corrected chi connectivity index (χ1v) is 23.8. The van der Waals surface area contributed by atoms with Crippen molar-refractivity contribution in [1.82, 2.24) is 14.7 Å². The predicted molar refractivity (Wildman–Crippen MR) is 265 cm³/mol. The molecule has 9 heteroatoms. The molecule has 4 fully saturated rings. The lowest BCUT2D eigenvalue weighted by Crippen LogP contribution is -2.52. The first kappa shape index (κ1) is 49.5. The Kier molecular flexibility index (Phi) is 17.9. The lowest BCUT2D eigenvalue weighted by molar-refractivity contribution is 0.120. The molecule has 0 atom stereocenters. The maximum Gasteiger partial charge on any atom is 0.142 e. The van der Waals surface area contributed by atoms with E-state index in [-0.39, 0.29) is 16.2 Å². The Labute approximate surface area is 378 Å². The van der Waals surface area contributed by atoms with Crippen LogP contribution in [0.4, 0.5) is 17.1 Å². The summed E-state index contributed by atoms with van der Waals surface area (Å²) in [5, 5.41) is 0. The zero-order chi connectivity index (χ0) is 45.1. The van der Waals surface area contributed by atoms with E-state index < -0.39 is 0 Å². The average molecular weight is 855 g/mol. The molecule has 0 unspecified atom stereocenters. The van der Waals surface area contributed by atoms with Crippen LogP contribution < -0.4 is 24.2 Å². The van der Waals surface area contributed by atoms with E-state index in [9.17, 15) is 0 Å². The summed E-state index contributed by atoms with van der Waals surface area (Å²) in [7, 11) is 5.30. The van der Waals surface area contributed by atoms with Crippen molar-refractivity contribution in [2.24, 2.45) is 0 Å². The van der Waals surface area contributed by atoms with Crippen LogP contribution in [-0.4, -0.2) is 140 Å². The molecule has 7 rings (SSSR count). The third kappa shape index (κ3) is 13.8. The molecule has 0 aromatic heterocycles. The normalized spacial score (nSPS) is 18.6. The molecule has 0 bridgehead atoms. The largest absolute Gasteiger partial charge is 0.495 e. The number of hydrogen-bond acceptors (Lipinski definition) is 9. The number of ether oxygens (including phenoxy) is 3. The summed E-state index contributed by atoms with van der Waals surface area (Å²) in [5.41, 5.74) is 8.45. The Hall–Kier alpha value is -3.50. The Morgan fingerprint density at radius 1 is 0.500 bits per heavy atom. The Bertz CT molecular complexity index is 1770. The fourth-order valence-corrected chi connectivity index (χ4v) is 8.82. The second-order valence-corrected chi connectivity index (χ2v) is 20.9. The maximum absolute atomic E-state index is 5.65. The van der Waals surface area contributed by atoms with Gasteiger partial charge >= 0.3 is 0 Å². The molecule has 0 radical (unpaired) electrons. The Balaban J connectivity index is 0.000000176. The van der Waals surface area contributed by atoms with Gasteiger partial charge in [-0.15, -0.1) is 0 Å². The molecule has 1 aliphatic carbocycles. The third-order valence-electron chi connectivity index (χ3n) is 13.6. The van der Waals surface area contributed by atoms with Crippen LogP contribution >= 0.6 is 0 Å². The highest BCUT2D eigenvalue weighted by molar-refractivity contribution is 5.62. The zero-order valence-electron chi connectivity index (χ0n) is 41.5. The van der Waals surface area contributed by atoms with E-state index in [1.165, 1.54) is 79.2 Å². The molecular formula is C53H86N6O3. The van der Waals surface area contributed by atoms with Gasteiger partial charge < -0.3 is 33.8 Å². The molecule has 3 heterocycles. The molecule has 0 N–H and O–H groups in total. The van der Waals surface area contributed by atoms with Gasteiger partial charge in [-0.05, 0) is 88.7 Å². The summed E-state index contributed by atoms with van der Waals surface area (Å²) in [5.74, 6) is 1.99. The van der Waals surface area contributed by atoms with Gasteiger partial charge in [0.1, 0.15) is 11.5 Å². The fourth-order valence-electron chi connectivity index (χ4n) is 8.82. The molecule has 3 aromatic rings. The topological polar surface area (TPSA) is 47.1 Å². The minimum absolute atomic E-state index is 0.144. The average Bonchev–Trinajstić information content (AvgIpc) is 3.24. The smallest absolute Gasteiger partial charge is 0.142 e. The van der Waals surface area contributed by atoms with Crippen molar-refractivity contribution in [2.45, 2.75) is 111 Å². The van der Waals surface area contributed by atoms with Crippen LogP contribution in [0.5, 0.6) is 11.5 Å². The van der Waals surface area contributed by atoms with E-state index in [0.717, 1.165) is 89.6 Å². The van der Waals surface area contributed by atoms with E-state index in [4.69, 9.17) is 14.2 Å². The molecule has 3 aliphatic heterocycles. The van der Waals surface area contributed by atoms with Gasteiger partial charge in [-0.1, -0.05) is 99.9 Å². The van der Waals surface area contributed by atoms with Gasteiger partial charge in [0.15, 0.2) is 0 Å². The van der Waals surface area contributed by atoms with Crippen LogP contribution in [0.25, 0.3) is 0 Å². The number of likely N-dealkylation sites (N-methyl/N-ethyl adjacent to an activating group) is 1. The molecule has 3 aromatic carbocycles. The van der Waals surface area contributed by atoms with Crippen molar-refractivity contribution < 1.29 is 14.2 Å². The molecule has 1 saturated carbocycles. The standard InChI is InChI=1S/C18H30N2O2.C18H28N2.C17H28N2O/c1-18(2,3)15-6-7-16(17(14-15)22-5)20-10-8-19(9-11-20)12-13-21-4;1-18(2,3)15-7-9-17(10-8-15)20-13-11-19(12-14-20)16-5-4-6-16;1-6-18-9-11-19(12-10-18)15-8-7-14(17(2,3)4)13-16(15)20-5/h6-7,14H,8-13H2,1-5H3;7-10,16H,4-6,11-14H2,1-3H3;7-8,13H,6,9-12H2,1-5H3. The number of piperazine rings is 3. The van der Waals surface area contributed by atoms with E-state index in [1.807, 2.05) is 0 Å². The molecular weight excluding hydrogens is 769 g/mol. The maximum atomic E-state index is 5.65. The van der Waals surface area contributed by atoms with Gasteiger partial charge in [-0.3, -0.25) is 9.80 Å². The van der Waals surface area contributed by atoms with Crippen molar-refractivity contribution in [3.63, 3.8) is 0 Å². The van der Waals surface area contributed by atoms with Crippen LogP contribution in [0.15, 0.2) is 60.7 Å². The monoisotopic (exact) mass is 855 g/mol. The van der Waals surface area contributed by atoms with Gasteiger partial charge in [0.2, 0.25) is 0 Å². The van der Waals surface area contributed by atoms with Gasteiger partial charge in [0, 0.05) is 104 Å². The van der Waals surface area contributed by atoms with Crippen LogP contribution in [0.1, 0.15) is 105 Å². The zero-order valence-corrected chi connectivity index (χ0v) is 41.5. The second kappa shape index (κ2) is 22.4. The lowest BCUT2D eigenvalue weighted by Gasteiger charge is -2.43. The highest BCUT2D eigenvalue weighted by Gasteiger charge is 2.28. The number of anilines is 3. The second-order valence-electron chi connectivity index (χ2n) is 20.9. The first-order chi connectivity index (χ1) is 29.4. The van der Waals surface area contributed by atoms with Crippen LogP contribution in [0, 0.1) is 0 Å². The quantitative estimate of drug-likeness (QED) is 0.199. The molecule has 346 valence electrons. The lowest BCUT2D eigenvalue weighted by atomic mass is 9.87. The van der Waals surface area contributed by atoms with Crippen molar-refractivity contribution in [2.75, 3.05) is 134 Å². The Morgan fingerprint density at radius 3 is 1.29 bits per heavy atom. The highest BCUT2D eigenvalue weighted by atomic mass is 16.5. The number of benzene rings is 3. The van der Waals surface area contributed by atoms with Crippen molar-refractivity contribution in [3.05, 3.63) is 77.4 Å². The van der Waals surface area contributed by atoms with Gasteiger partial charge in [0.25, 0.3) is 0 Å². The molecule has 9 nitrogen and oxygen atoms in total. The van der Waals surface area contributed by atoms with E-state index >= 15 is 0 Å². The number of hydrogen-bond donors (Lipinski definition) is 0. The molecule has 0 amide bonds. The summed E-state index contributed by atoms with van der Waals surface area (Å²) in [4.78, 5) is 15.1. The van der Waals surface area contributed by atoms with Crippen LogP contribution in [0.2, 0.25) is 0 Å². The third-order valence-corrected chi connectivity index (χ3v) is 13.6. The minimum Gasteiger partial charge on any atom is -0.495 e. The highest BCUT2D eigenvalue weighted by Crippen LogP contribution is 2.36. The van der Waals surface area contributed by atoms with Gasteiger partial charge in [0.05, 0.1) is 32.2 Å². The van der Waals surface area contributed by atoms with Gasteiger partial charge in [-0.25, -0.2) is 0 Å². The minimum atomic E-state index is 0.144. The Morgan fingerprint density at radius 2 is 0.919 bits per heavy atom. The molecule has 0 spiro atoms. The molecule has 62 heavy (non-hydrogen) atoms. The van der Waals surface area contributed by atoms with Crippen LogP contribution in [-0.2, 0) is 21.0 Å². The molecule has 4 aliphatic rings. The molecule has 3 saturated heterocycles. The summed E-state index contributed by atoms with van der Waals surface area (Å²) < 4.78 is 16.4. The summed E-state index contributed by atoms with van der Waals surface area (Å²) in [6.07, 6.45) is 4.31. The number of rotatable bonds is 10. The SMILES string of the molecule is CC(C)(C)c1ccc(N2CCN(C3CCC3)CC2)cc1.CCN1CCN(c2ccc(C(C)(C)C)cc2OC)CC1.COCCN1CCN(c2ccc(C(C)(C)C)cc2OC)CC1. The summed E-state index contributed by atoms with van der Waals surface area (Å²) in [6, 6.07) is 23.4. The van der Waals surface area contributed by atoms with Gasteiger partial charge in [-0.2, -0.15) is 0 Å². The number of nitrogens with zero attached hydrogens (tertiary/aromatic N) is 6. The summed E-state index contributed by atoms with van der Waals surface area (Å²) >= 11 is 0. The van der Waals surface area contributed by atoms with Crippen molar-refractivity contribution in [1.29, 1.82) is 0 Å². The first-order valence-electron chi connectivity index (χ1n) is 23.8. The number of methoxy groups -OCH3 is 3. The van der Waals surface area contributed by atoms with E-state index in [1.54, 1.807) is 21.3 Å². The van der Waals surface area contributed by atoms with E-state index in [2.05, 4.69) is 159 Å². The van der Waals surface area contributed by atoms with E-state index in [0.29, 0.717) is 0 Å². The van der Waals surface area contributed by atoms with Crippen molar-refractivity contribution >= 4 is 17.1 Å². The predicted octanol–water partition coefficient (Wildman–Crippen LogP) is 9.55. The fraction of sp³-hybridized carbons (Fsp3) is 0.660. The van der Waals surface area contributed by atoms with Crippen molar-refractivity contribution in [3.8, 4) is 11.5 Å². The van der Waals surface area contributed by atoms with Crippen LogP contribution in [0.3, 0.4) is 0 Å².